The summed E-state index contributed by atoms with van der Waals surface area (Å²) in [5.74, 6) is 1.88. The molecule has 0 saturated carbocycles. The number of hydrogen-bond donors (Lipinski definition) is 1. The summed E-state index contributed by atoms with van der Waals surface area (Å²) in [6.07, 6.45) is 4.84. The number of aliphatic imine (C=N–C) groups is 1. The van der Waals surface area contributed by atoms with Gasteiger partial charge in [0.1, 0.15) is 0 Å². The third-order valence-corrected chi connectivity index (χ3v) is 5.46. The Labute approximate surface area is 188 Å². The monoisotopic (exact) mass is 509 g/mol. The van der Waals surface area contributed by atoms with E-state index in [1.54, 1.807) is 4.90 Å². The minimum absolute atomic E-state index is 0. The fourth-order valence-corrected chi connectivity index (χ4v) is 3.66. The van der Waals surface area contributed by atoms with Crippen LogP contribution in [0.3, 0.4) is 0 Å². The Kier molecular flexibility index (Phi) is 12.9. The number of piperidine rings is 1. The molecule has 164 valence electrons. The van der Waals surface area contributed by atoms with Gasteiger partial charge in [0.05, 0.1) is 6.61 Å². The molecule has 8 heteroatoms. The number of ether oxygens (including phenoxy) is 1. The van der Waals surface area contributed by atoms with E-state index in [4.69, 9.17) is 9.73 Å². The summed E-state index contributed by atoms with van der Waals surface area (Å²) in [6, 6.07) is 0. The number of unbranched alkanes of at least 4 members (excludes halogenated alkanes) is 1. The van der Waals surface area contributed by atoms with Crippen LogP contribution in [0.1, 0.15) is 46.5 Å². The molecule has 0 aromatic rings. The van der Waals surface area contributed by atoms with Crippen molar-refractivity contribution in [1.82, 2.24) is 20.0 Å². The fraction of sp³-hybridized carbons (Fsp3) is 0.900. The first-order valence-corrected chi connectivity index (χ1v) is 10.8. The molecule has 7 nitrogen and oxygen atoms in total. The fourth-order valence-electron chi connectivity index (χ4n) is 3.66. The second kappa shape index (κ2) is 14.3. The molecule has 0 aromatic carbocycles. The zero-order chi connectivity index (χ0) is 19.5. The number of rotatable bonds is 7. The van der Waals surface area contributed by atoms with E-state index >= 15 is 0 Å². The minimum Gasteiger partial charge on any atom is -0.450 e. The number of nitrogens with one attached hydrogen (secondary N) is 1. The van der Waals surface area contributed by atoms with E-state index in [1.165, 1.54) is 38.9 Å². The summed E-state index contributed by atoms with van der Waals surface area (Å²) in [5.41, 5.74) is 0. The van der Waals surface area contributed by atoms with Crippen LogP contribution in [0.4, 0.5) is 4.79 Å². The predicted molar refractivity (Wildman–Crippen MR) is 126 cm³/mol. The molecule has 2 aliphatic heterocycles. The Morgan fingerprint density at radius 2 is 1.68 bits per heavy atom. The minimum atomic E-state index is -0.203. The maximum Gasteiger partial charge on any atom is 0.409 e. The van der Waals surface area contributed by atoms with Gasteiger partial charge in [-0.25, -0.2) is 4.79 Å². The van der Waals surface area contributed by atoms with Crippen molar-refractivity contribution in [3.8, 4) is 0 Å². The zero-order valence-electron chi connectivity index (χ0n) is 18.0. The summed E-state index contributed by atoms with van der Waals surface area (Å²) in [6.45, 7) is 15.2. The number of halogens is 1. The van der Waals surface area contributed by atoms with Gasteiger partial charge in [0, 0.05) is 39.3 Å². The van der Waals surface area contributed by atoms with E-state index in [2.05, 4.69) is 29.0 Å². The Morgan fingerprint density at radius 3 is 2.29 bits per heavy atom. The number of hydrogen-bond acceptors (Lipinski definition) is 4. The lowest BCUT2D eigenvalue weighted by Crippen LogP contribution is -2.53. The average Bonchev–Trinajstić information content (AvgIpc) is 2.68. The lowest BCUT2D eigenvalue weighted by molar-refractivity contribution is 0.0914. The number of likely N-dealkylation sites (tertiary alicyclic amines) is 1. The second-order valence-electron chi connectivity index (χ2n) is 7.64. The van der Waals surface area contributed by atoms with Crippen LogP contribution in [-0.2, 0) is 4.74 Å². The van der Waals surface area contributed by atoms with Gasteiger partial charge in [-0.15, -0.1) is 24.0 Å². The van der Waals surface area contributed by atoms with E-state index in [0.29, 0.717) is 19.7 Å². The van der Waals surface area contributed by atoms with Crippen molar-refractivity contribution in [2.24, 2.45) is 10.9 Å². The molecule has 28 heavy (non-hydrogen) atoms. The summed E-state index contributed by atoms with van der Waals surface area (Å²) in [7, 11) is 0. The summed E-state index contributed by atoms with van der Waals surface area (Å²) < 4.78 is 5.09. The van der Waals surface area contributed by atoms with Gasteiger partial charge in [-0.1, -0.05) is 6.92 Å². The smallest absolute Gasteiger partial charge is 0.409 e. The van der Waals surface area contributed by atoms with Gasteiger partial charge >= 0.3 is 6.09 Å². The lowest BCUT2D eigenvalue weighted by atomic mass is 9.99. The van der Waals surface area contributed by atoms with Crippen molar-refractivity contribution in [2.75, 3.05) is 65.5 Å². The van der Waals surface area contributed by atoms with Crippen molar-refractivity contribution >= 4 is 36.0 Å². The lowest BCUT2D eigenvalue weighted by Gasteiger charge is -2.35. The van der Waals surface area contributed by atoms with E-state index in [0.717, 1.165) is 44.5 Å². The predicted octanol–water partition coefficient (Wildman–Crippen LogP) is 2.86. The van der Waals surface area contributed by atoms with Crippen LogP contribution < -0.4 is 5.32 Å². The van der Waals surface area contributed by atoms with Crippen LogP contribution >= 0.6 is 24.0 Å². The molecule has 2 rings (SSSR count). The molecule has 2 heterocycles. The molecule has 2 saturated heterocycles. The largest absolute Gasteiger partial charge is 0.450 e. The Balaban J connectivity index is 0.00000392. The highest BCUT2D eigenvalue weighted by Crippen LogP contribution is 2.16. The molecular weight excluding hydrogens is 469 g/mol. The van der Waals surface area contributed by atoms with Gasteiger partial charge in [0.2, 0.25) is 0 Å². The Bertz CT molecular complexity index is 462. The molecule has 0 unspecified atom stereocenters. The topological polar surface area (TPSA) is 60.4 Å². The standard InChI is InChI=1S/C20H39N5O2.HI/c1-4-21-19(24-14-16-25(17-15-24)20(26)27-5-2)22-10-6-7-11-23-12-8-18(3)9-13-23;/h18H,4-17H2,1-3H3,(H,21,22);1H. The Hall–Kier alpha value is -0.770. The van der Waals surface area contributed by atoms with Crippen LogP contribution in [-0.4, -0.2) is 92.3 Å². The first kappa shape index (κ1) is 25.3. The number of piperazine rings is 1. The second-order valence-corrected chi connectivity index (χ2v) is 7.64. The van der Waals surface area contributed by atoms with Crippen LogP contribution in [0.15, 0.2) is 4.99 Å². The molecule has 0 bridgehead atoms. The van der Waals surface area contributed by atoms with E-state index in [1.807, 2.05) is 6.92 Å². The third kappa shape index (κ3) is 8.71. The molecule has 0 radical (unpaired) electrons. The molecule has 0 atom stereocenters. The summed E-state index contributed by atoms with van der Waals surface area (Å²) in [5, 5.41) is 3.40. The Morgan fingerprint density at radius 1 is 1.04 bits per heavy atom. The number of nitrogens with zero attached hydrogens (tertiary/aromatic N) is 4. The molecule has 1 N–H and O–H groups in total. The highest BCUT2D eigenvalue weighted by molar-refractivity contribution is 14.0. The van der Waals surface area contributed by atoms with Gasteiger partial charge < -0.3 is 24.8 Å². The summed E-state index contributed by atoms with van der Waals surface area (Å²) >= 11 is 0. The van der Waals surface area contributed by atoms with Crippen LogP contribution in [0, 0.1) is 5.92 Å². The highest BCUT2D eigenvalue weighted by atomic mass is 127. The zero-order valence-corrected chi connectivity index (χ0v) is 20.3. The summed E-state index contributed by atoms with van der Waals surface area (Å²) in [4.78, 5) is 23.3. The van der Waals surface area contributed by atoms with Crippen molar-refractivity contribution in [3.63, 3.8) is 0 Å². The maximum atomic E-state index is 11.8. The van der Waals surface area contributed by atoms with Crippen molar-refractivity contribution in [3.05, 3.63) is 0 Å². The van der Waals surface area contributed by atoms with E-state index < -0.39 is 0 Å². The van der Waals surface area contributed by atoms with Crippen LogP contribution in [0.5, 0.6) is 0 Å². The SMILES string of the molecule is CCNC(=NCCCCN1CCC(C)CC1)N1CCN(C(=O)OCC)CC1.I. The van der Waals surface area contributed by atoms with Crippen molar-refractivity contribution < 1.29 is 9.53 Å². The average molecular weight is 509 g/mol. The molecule has 2 fully saturated rings. The first-order chi connectivity index (χ1) is 13.1. The number of carbonyl (C=O) groups is 1. The molecule has 0 aliphatic carbocycles. The molecule has 0 aromatic heterocycles. The van der Waals surface area contributed by atoms with E-state index in [9.17, 15) is 4.79 Å². The third-order valence-electron chi connectivity index (χ3n) is 5.46. The number of carbonyl (C=O) groups excluding carboxylic acids is 1. The normalized spacial score (nSPS) is 19.3. The van der Waals surface area contributed by atoms with Crippen molar-refractivity contribution in [2.45, 2.75) is 46.5 Å². The number of guanidine groups is 1. The molecule has 1 amide bonds. The van der Waals surface area contributed by atoms with Gasteiger partial charge in [0.15, 0.2) is 5.96 Å². The van der Waals surface area contributed by atoms with Crippen molar-refractivity contribution in [1.29, 1.82) is 0 Å². The molecule has 0 spiro atoms. The first-order valence-electron chi connectivity index (χ1n) is 10.8. The van der Waals surface area contributed by atoms with Gasteiger partial charge in [-0.2, -0.15) is 0 Å². The highest BCUT2D eigenvalue weighted by Gasteiger charge is 2.23. The van der Waals surface area contributed by atoms with Gasteiger partial charge in [-0.05, 0) is 65.1 Å². The maximum absolute atomic E-state index is 11.8. The van der Waals surface area contributed by atoms with Crippen LogP contribution in [0.25, 0.3) is 0 Å². The number of amides is 1. The molecular formula is C20H40IN5O2. The van der Waals surface area contributed by atoms with Crippen LogP contribution in [0.2, 0.25) is 0 Å². The van der Waals surface area contributed by atoms with E-state index in [-0.39, 0.29) is 30.1 Å². The van der Waals surface area contributed by atoms with Gasteiger partial charge in [-0.3, -0.25) is 4.99 Å². The molecule has 2 aliphatic rings. The van der Waals surface area contributed by atoms with Gasteiger partial charge in [0.25, 0.3) is 0 Å². The quantitative estimate of drug-likeness (QED) is 0.248.